The highest BCUT2D eigenvalue weighted by atomic mass is 35.5. The van der Waals surface area contributed by atoms with Crippen LogP contribution in [0.2, 0.25) is 0 Å². The van der Waals surface area contributed by atoms with E-state index in [1.165, 1.54) is 14.1 Å². The number of hydrogen-bond acceptors (Lipinski definition) is 5. The Hall–Kier alpha value is -1.16. The van der Waals surface area contributed by atoms with Crippen LogP contribution in [0.1, 0.15) is 26.7 Å². The van der Waals surface area contributed by atoms with Gasteiger partial charge in [0.05, 0.1) is 0 Å². The minimum atomic E-state index is -4.03. The number of nitrogens with two attached hydrogens (primary N) is 1. The largest absolute Gasteiger partial charge is 0.330 e. The molecule has 0 aliphatic heterocycles. The Morgan fingerprint density at radius 3 is 2.18 bits per heavy atom. The van der Waals surface area contributed by atoms with Crippen molar-refractivity contribution in [2.24, 2.45) is 19.8 Å². The zero-order chi connectivity index (χ0) is 16.4. The van der Waals surface area contributed by atoms with Crippen molar-refractivity contribution in [2.45, 2.75) is 37.1 Å². The van der Waals surface area contributed by atoms with Gasteiger partial charge in [-0.2, -0.15) is 0 Å². The van der Waals surface area contributed by atoms with E-state index in [9.17, 15) is 18.0 Å². The first-order chi connectivity index (χ1) is 9.58. The number of rotatable bonds is 6. The molecule has 0 bridgehead atoms. The van der Waals surface area contributed by atoms with Crippen LogP contribution in [-0.4, -0.2) is 29.6 Å². The molecule has 0 aliphatic rings. The van der Waals surface area contributed by atoms with Crippen molar-refractivity contribution in [3.8, 4) is 0 Å². The van der Waals surface area contributed by atoms with Gasteiger partial charge in [0.25, 0.3) is 5.56 Å². The van der Waals surface area contributed by atoms with Gasteiger partial charge < -0.3 is 10.3 Å². The molecule has 1 rings (SSSR count). The van der Waals surface area contributed by atoms with Crippen LogP contribution >= 0.6 is 12.4 Å². The quantitative estimate of drug-likeness (QED) is 0.700. The first kappa shape index (κ1) is 20.8. The molecule has 0 atom stereocenters. The second kappa shape index (κ2) is 7.40. The molecule has 3 N–H and O–H groups in total. The van der Waals surface area contributed by atoms with E-state index in [1.807, 2.05) is 13.8 Å². The molecule has 0 saturated carbocycles. The molecule has 22 heavy (non-hydrogen) atoms. The summed E-state index contributed by atoms with van der Waals surface area (Å²) in [6, 6.07) is 0. The Bertz CT molecular complexity index is 734. The minimum Gasteiger partial charge on any atom is -0.324 e. The molecule has 0 unspecified atom stereocenters. The Labute approximate surface area is 135 Å². The first-order valence-corrected chi connectivity index (χ1v) is 8.11. The van der Waals surface area contributed by atoms with Crippen LogP contribution < -0.4 is 21.7 Å². The summed E-state index contributed by atoms with van der Waals surface area (Å²) in [5.41, 5.74) is 3.92. The summed E-state index contributed by atoms with van der Waals surface area (Å²) in [6.07, 6.45) is 2.21. The van der Waals surface area contributed by atoms with E-state index in [4.69, 9.17) is 5.73 Å². The third-order valence-corrected chi connectivity index (χ3v) is 5.11. The fourth-order valence-electron chi connectivity index (χ4n) is 1.78. The topological polar surface area (TPSA) is 116 Å². The number of aryl methyl sites for hydroxylation is 1. The third-order valence-electron chi connectivity index (χ3n) is 3.73. The van der Waals surface area contributed by atoms with Crippen LogP contribution in [-0.2, 0) is 24.1 Å². The molecule has 8 nitrogen and oxygen atoms in total. The summed E-state index contributed by atoms with van der Waals surface area (Å²) in [5, 5.41) is 0. The van der Waals surface area contributed by atoms with E-state index in [-0.39, 0.29) is 19.0 Å². The monoisotopic (exact) mass is 354 g/mol. The number of sulfonamides is 1. The number of halogens is 1. The van der Waals surface area contributed by atoms with Crippen molar-refractivity contribution in [1.82, 2.24) is 13.9 Å². The van der Waals surface area contributed by atoms with Crippen LogP contribution in [0.25, 0.3) is 0 Å². The van der Waals surface area contributed by atoms with Gasteiger partial charge in [-0.05, 0) is 12.8 Å². The molecule has 0 spiro atoms. The highest BCUT2D eigenvalue weighted by Crippen LogP contribution is 2.11. The zero-order valence-corrected chi connectivity index (χ0v) is 14.8. The van der Waals surface area contributed by atoms with Gasteiger partial charge in [-0.3, -0.25) is 9.36 Å². The lowest BCUT2D eigenvalue weighted by atomic mass is 9.95. The van der Waals surface area contributed by atoms with E-state index in [1.54, 1.807) is 0 Å². The number of nitrogens with one attached hydrogen (secondary N) is 1. The lowest BCUT2D eigenvalue weighted by Crippen LogP contribution is -2.50. The van der Waals surface area contributed by atoms with E-state index < -0.39 is 31.7 Å². The molecule has 128 valence electrons. The molecule has 0 aliphatic carbocycles. The van der Waals surface area contributed by atoms with Crippen LogP contribution in [0.4, 0.5) is 0 Å². The van der Waals surface area contributed by atoms with E-state index in [0.29, 0.717) is 12.8 Å². The third kappa shape index (κ3) is 4.19. The van der Waals surface area contributed by atoms with Crippen molar-refractivity contribution in [3.05, 3.63) is 27.0 Å². The highest BCUT2D eigenvalue weighted by molar-refractivity contribution is 7.89. The van der Waals surface area contributed by atoms with Gasteiger partial charge in [0.15, 0.2) is 4.90 Å². The number of aromatic nitrogens is 2. The van der Waals surface area contributed by atoms with Crippen molar-refractivity contribution in [3.63, 3.8) is 0 Å². The molecule has 0 aromatic carbocycles. The Morgan fingerprint density at radius 1 is 1.23 bits per heavy atom. The van der Waals surface area contributed by atoms with Gasteiger partial charge in [-0.15, -0.1) is 12.4 Å². The fraction of sp³-hybridized carbons (Fsp3) is 0.667. The smallest absolute Gasteiger partial charge is 0.324 e. The normalized spacial score (nSPS) is 12.0. The average Bonchev–Trinajstić information content (AvgIpc) is 2.46. The Balaban J connectivity index is 0.00000441. The second-order valence-electron chi connectivity index (χ2n) is 5.15. The van der Waals surface area contributed by atoms with Gasteiger partial charge >= 0.3 is 5.69 Å². The Kier molecular flexibility index (Phi) is 7.01. The standard InChI is InChI=1S/C12H22N4O4S.ClH/c1-5-12(13,6-2)8-14-21(19,20)9-7-15(3)11(18)16(4)10(9)17;/h7,14H,5-6,8,13H2,1-4H3;1H. The van der Waals surface area contributed by atoms with E-state index >= 15 is 0 Å². The lowest BCUT2D eigenvalue weighted by molar-refractivity contribution is 0.391. The summed E-state index contributed by atoms with van der Waals surface area (Å²) < 4.78 is 28.7. The van der Waals surface area contributed by atoms with Gasteiger partial charge in [-0.25, -0.2) is 17.9 Å². The first-order valence-electron chi connectivity index (χ1n) is 6.63. The number of nitrogens with zero attached hydrogens (tertiary/aromatic N) is 2. The number of hydrogen-bond donors (Lipinski definition) is 2. The van der Waals surface area contributed by atoms with Crippen molar-refractivity contribution >= 4 is 22.4 Å². The second-order valence-corrected chi connectivity index (χ2v) is 6.88. The maximum Gasteiger partial charge on any atom is 0.330 e. The summed E-state index contributed by atoms with van der Waals surface area (Å²) >= 11 is 0. The molecule has 0 amide bonds. The maximum absolute atomic E-state index is 12.3. The SMILES string of the molecule is CCC(N)(CC)CNS(=O)(=O)c1cn(C)c(=O)n(C)c1=O.Cl. The molecule has 1 aromatic rings. The van der Waals surface area contributed by atoms with Gasteiger partial charge in [-0.1, -0.05) is 13.8 Å². The predicted octanol–water partition coefficient (Wildman–Crippen LogP) is -0.698. The van der Waals surface area contributed by atoms with Crippen LogP contribution in [0.3, 0.4) is 0 Å². The van der Waals surface area contributed by atoms with Crippen LogP contribution in [0, 0.1) is 0 Å². The zero-order valence-electron chi connectivity index (χ0n) is 13.1. The minimum absolute atomic E-state index is 0. The van der Waals surface area contributed by atoms with Crippen molar-refractivity contribution in [1.29, 1.82) is 0 Å². The van der Waals surface area contributed by atoms with E-state index in [0.717, 1.165) is 15.3 Å². The molecular weight excluding hydrogens is 332 g/mol. The average molecular weight is 355 g/mol. The molecular formula is C12H23ClN4O4S. The summed E-state index contributed by atoms with van der Waals surface area (Å²) in [7, 11) is -1.42. The predicted molar refractivity (Wildman–Crippen MR) is 86.9 cm³/mol. The summed E-state index contributed by atoms with van der Waals surface area (Å²) in [6.45, 7) is 3.75. The Morgan fingerprint density at radius 2 is 1.73 bits per heavy atom. The maximum atomic E-state index is 12.3. The highest BCUT2D eigenvalue weighted by Gasteiger charge is 2.26. The molecule has 1 heterocycles. The van der Waals surface area contributed by atoms with Crippen LogP contribution in [0.5, 0.6) is 0 Å². The molecule has 0 saturated heterocycles. The van der Waals surface area contributed by atoms with Crippen molar-refractivity contribution in [2.75, 3.05) is 6.54 Å². The molecule has 0 fully saturated rings. The molecule has 1 aromatic heterocycles. The lowest BCUT2D eigenvalue weighted by Gasteiger charge is -2.26. The van der Waals surface area contributed by atoms with Crippen molar-refractivity contribution < 1.29 is 8.42 Å². The van der Waals surface area contributed by atoms with Gasteiger partial charge in [0.2, 0.25) is 10.0 Å². The molecule has 0 radical (unpaired) electrons. The summed E-state index contributed by atoms with van der Waals surface area (Å²) in [4.78, 5) is 23.0. The van der Waals surface area contributed by atoms with Gasteiger partial charge in [0, 0.05) is 32.4 Å². The molecule has 10 heteroatoms. The van der Waals surface area contributed by atoms with Gasteiger partial charge in [0.1, 0.15) is 0 Å². The summed E-state index contributed by atoms with van der Waals surface area (Å²) in [5.74, 6) is 0. The van der Waals surface area contributed by atoms with E-state index in [2.05, 4.69) is 4.72 Å². The van der Waals surface area contributed by atoms with Crippen LogP contribution in [0.15, 0.2) is 20.7 Å². The fourth-order valence-corrected chi connectivity index (χ4v) is 3.07.